The fourth-order valence-electron chi connectivity index (χ4n) is 3.57. The highest BCUT2D eigenvalue weighted by Crippen LogP contribution is 2.42. The number of rotatable bonds is 4. The second-order valence-corrected chi connectivity index (χ2v) is 6.38. The first kappa shape index (κ1) is 15.3. The van der Waals surface area contributed by atoms with E-state index in [1.807, 2.05) is 25.1 Å². The SMILES string of the molecule is COc1cc(CN2CCCC[C@@H]2c2cc(C)on2)cc2c1OCO2. The zero-order chi connectivity index (χ0) is 16.5. The van der Waals surface area contributed by atoms with E-state index in [1.165, 1.54) is 12.8 Å². The molecule has 1 atom stereocenters. The summed E-state index contributed by atoms with van der Waals surface area (Å²) in [6.07, 6.45) is 3.53. The van der Waals surface area contributed by atoms with Gasteiger partial charge in [-0.3, -0.25) is 4.90 Å². The van der Waals surface area contributed by atoms with Crippen LogP contribution in [-0.2, 0) is 6.54 Å². The van der Waals surface area contributed by atoms with Gasteiger partial charge in [0.1, 0.15) is 11.5 Å². The second kappa shape index (κ2) is 6.36. The molecule has 0 unspecified atom stereocenters. The van der Waals surface area contributed by atoms with E-state index in [0.717, 1.165) is 48.0 Å². The number of aromatic nitrogens is 1. The Bertz CT molecular complexity index is 728. The van der Waals surface area contributed by atoms with Gasteiger partial charge in [0.05, 0.1) is 13.2 Å². The van der Waals surface area contributed by atoms with Crippen LogP contribution in [0.15, 0.2) is 22.7 Å². The molecule has 4 rings (SSSR count). The van der Waals surface area contributed by atoms with Crippen molar-refractivity contribution in [1.29, 1.82) is 0 Å². The first-order valence-electron chi connectivity index (χ1n) is 8.38. The number of nitrogens with zero attached hydrogens (tertiary/aromatic N) is 2. The van der Waals surface area contributed by atoms with Gasteiger partial charge in [-0.25, -0.2) is 0 Å². The Hall–Kier alpha value is -2.21. The first-order valence-corrected chi connectivity index (χ1v) is 8.38. The molecule has 6 heteroatoms. The highest BCUT2D eigenvalue weighted by molar-refractivity contribution is 5.55. The first-order chi connectivity index (χ1) is 11.7. The number of ether oxygens (including phenoxy) is 3. The lowest BCUT2D eigenvalue weighted by Crippen LogP contribution is -2.33. The minimum Gasteiger partial charge on any atom is -0.493 e. The largest absolute Gasteiger partial charge is 0.493 e. The predicted molar refractivity (Wildman–Crippen MR) is 87.4 cm³/mol. The molecule has 3 heterocycles. The lowest BCUT2D eigenvalue weighted by atomic mass is 9.98. The molecule has 1 aromatic carbocycles. The fourth-order valence-corrected chi connectivity index (χ4v) is 3.57. The molecule has 2 aliphatic rings. The van der Waals surface area contributed by atoms with Gasteiger partial charge in [0.15, 0.2) is 11.5 Å². The van der Waals surface area contributed by atoms with Crippen molar-refractivity contribution in [3.05, 3.63) is 35.2 Å². The molecule has 1 aromatic heterocycles. The molecule has 1 fully saturated rings. The Labute approximate surface area is 141 Å². The smallest absolute Gasteiger partial charge is 0.231 e. The number of likely N-dealkylation sites (tertiary alicyclic amines) is 1. The number of aryl methyl sites for hydroxylation is 1. The van der Waals surface area contributed by atoms with Crippen molar-refractivity contribution in [3.8, 4) is 17.2 Å². The normalized spacial score (nSPS) is 20.3. The molecule has 1 saturated heterocycles. The van der Waals surface area contributed by atoms with Crippen LogP contribution in [0.4, 0.5) is 0 Å². The standard InChI is InChI=1S/C18H22N2O4/c1-12-7-14(19-24-12)15-5-3-4-6-20(15)10-13-8-16(21-2)18-17(9-13)22-11-23-18/h7-9,15H,3-6,10-11H2,1-2H3/t15-/m1/s1. The average Bonchev–Trinajstić information content (AvgIpc) is 3.23. The molecular formula is C18H22N2O4. The Morgan fingerprint density at radius 2 is 2.17 bits per heavy atom. The summed E-state index contributed by atoms with van der Waals surface area (Å²) in [6, 6.07) is 6.42. The number of methoxy groups -OCH3 is 1. The van der Waals surface area contributed by atoms with Gasteiger partial charge in [-0.1, -0.05) is 11.6 Å². The van der Waals surface area contributed by atoms with Gasteiger partial charge in [0, 0.05) is 12.6 Å². The molecule has 6 nitrogen and oxygen atoms in total. The van der Waals surface area contributed by atoms with Gasteiger partial charge < -0.3 is 18.7 Å². The van der Waals surface area contributed by atoms with E-state index in [4.69, 9.17) is 18.7 Å². The van der Waals surface area contributed by atoms with Crippen molar-refractivity contribution in [3.63, 3.8) is 0 Å². The highest BCUT2D eigenvalue weighted by atomic mass is 16.7. The lowest BCUT2D eigenvalue weighted by Gasteiger charge is -2.34. The Balaban J connectivity index is 1.59. The molecule has 2 aromatic rings. The summed E-state index contributed by atoms with van der Waals surface area (Å²) in [6.45, 7) is 4.06. The molecule has 0 radical (unpaired) electrons. The van der Waals surface area contributed by atoms with E-state index < -0.39 is 0 Å². The monoisotopic (exact) mass is 330 g/mol. The number of benzene rings is 1. The average molecular weight is 330 g/mol. The third-order valence-electron chi connectivity index (χ3n) is 4.71. The second-order valence-electron chi connectivity index (χ2n) is 6.38. The van der Waals surface area contributed by atoms with Crippen molar-refractivity contribution in [1.82, 2.24) is 10.1 Å². The van der Waals surface area contributed by atoms with Gasteiger partial charge in [-0.2, -0.15) is 0 Å². The molecule has 0 amide bonds. The van der Waals surface area contributed by atoms with E-state index >= 15 is 0 Å². The van der Waals surface area contributed by atoms with E-state index in [1.54, 1.807) is 7.11 Å². The van der Waals surface area contributed by atoms with Crippen LogP contribution in [0.1, 0.15) is 42.3 Å². The topological polar surface area (TPSA) is 57.0 Å². The molecule has 0 N–H and O–H groups in total. The predicted octanol–water partition coefficient (Wildman–Crippen LogP) is 3.45. The molecule has 0 bridgehead atoms. The van der Waals surface area contributed by atoms with Crippen molar-refractivity contribution in [2.45, 2.75) is 38.8 Å². The van der Waals surface area contributed by atoms with E-state index in [2.05, 4.69) is 10.1 Å². The van der Waals surface area contributed by atoms with Crippen LogP contribution in [0, 0.1) is 6.92 Å². The molecule has 0 aliphatic carbocycles. The van der Waals surface area contributed by atoms with Gasteiger partial charge in [0.25, 0.3) is 0 Å². The third kappa shape index (κ3) is 2.82. The minimum absolute atomic E-state index is 0.250. The molecule has 24 heavy (non-hydrogen) atoms. The third-order valence-corrected chi connectivity index (χ3v) is 4.71. The zero-order valence-electron chi connectivity index (χ0n) is 14.1. The fraction of sp³-hybridized carbons (Fsp3) is 0.500. The number of hydrogen-bond acceptors (Lipinski definition) is 6. The van der Waals surface area contributed by atoms with Crippen LogP contribution < -0.4 is 14.2 Å². The van der Waals surface area contributed by atoms with Gasteiger partial charge in [-0.15, -0.1) is 0 Å². The van der Waals surface area contributed by atoms with Crippen molar-refractivity contribution >= 4 is 0 Å². The molecule has 0 spiro atoms. The summed E-state index contributed by atoms with van der Waals surface area (Å²) in [5.41, 5.74) is 2.18. The molecular weight excluding hydrogens is 308 g/mol. The van der Waals surface area contributed by atoms with Crippen molar-refractivity contribution < 1.29 is 18.7 Å². The Kier molecular flexibility index (Phi) is 4.06. The van der Waals surface area contributed by atoms with Gasteiger partial charge >= 0.3 is 0 Å². The van der Waals surface area contributed by atoms with Crippen molar-refractivity contribution in [2.24, 2.45) is 0 Å². The maximum absolute atomic E-state index is 5.54. The Morgan fingerprint density at radius 3 is 2.96 bits per heavy atom. The van der Waals surface area contributed by atoms with Crippen LogP contribution in [-0.4, -0.2) is 30.5 Å². The molecule has 2 aliphatic heterocycles. The maximum Gasteiger partial charge on any atom is 0.231 e. The van der Waals surface area contributed by atoms with Crippen LogP contribution in [0.3, 0.4) is 0 Å². The molecule has 0 saturated carbocycles. The number of hydrogen-bond donors (Lipinski definition) is 0. The summed E-state index contributed by atoms with van der Waals surface area (Å²) in [4.78, 5) is 2.46. The summed E-state index contributed by atoms with van der Waals surface area (Å²) in [7, 11) is 1.66. The van der Waals surface area contributed by atoms with Crippen LogP contribution in [0.2, 0.25) is 0 Å². The minimum atomic E-state index is 0.250. The van der Waals surface area contributed by atoms with Crippen LogP contribution in [0.5, 0.6) is 17.2 Å². The highest BCUT2D eigenvalue weighted by Gasteiger charge is 2.28. The molecule has 128 valence electrons. The maximum atomic E-state index is 5.54. The summed E-state index contributed by atoms with van der Waals surface area (Å²) < 4.78 is 21.7. The Morgan fingerprint density at radius 1 is 1.25 bits per heavy atom. The van der Waals surface area contributed by atoms with Crippen LogP contribution in [0.25, 0.3) is 0 Å². The van der Waals surface area contributed by atoms with Crippen molar-refractivity contribution in [2.75, 3.05) is 20.4 Å². The van der Waals surface area contributed by atoms with Crippen LogP contribution >= 0.6 is 0 Å². The van der Waals surface area contributed by atoms with Gasteiger partial charge in [0.2, 0.25) is 12.5 Å². The van der Waals surface area contributed by atoms with E-state index in [9.17, 15) is 0 Å². The lowest BCUT2D eigenvalue weighted by molar-refractivity contribution is 0.133. The quantitative estimate of drug-likeness (QED) is 0.856. The van der Waals surface area contributed by atoms with Gasteiger partial charge in [-0.05, 0) is 44.0 Å². The summed E-state index contributed by atoms with van der Waals surface area (Å²) >= 11 is 0. The zero-order valence-corrected chi connectivity index (χ0v) is 14.1. The van der Waals surface area contributed by atoms with E-state index in [0.29, 0.717) is 11.8 Å². The number of fused-ring (bicyclic) bond motifs is 1. The summed E-state index contributed by atoms with van der Waals surface area (Å²) in [5, 5.41) is 4.24. The van der Waals surface area contributed by atoms with E-state index in [-0.39, 0.29) is 6.79 Å². The number of piperidine rings is 1. The summed E-state index contributed by atoms with van der Waals surface area (Å²) in [5.74, 6) is 3.05.